The molecule has 0 atom stereocenters. The van der Waals surface area contributed by atoms with Gasteiger partial charge >= 0.3 is 0 Å². The lowest BCUT2D eigenvalue weighted by molar-refractivity contribution is 0.101. The van der Waals surface area contributed by atoms with Gasteiger partial charge in [0.05, 0.1) is 0 Å². The topological polar surface area (TPSA) is 60.1 Å². The number of hydrogen-bond donors (Lipinski definition) is 1. The highest BCUT2D eigenvalue weighted by atomic mass is 32.1. The molecule has 3 aromatic heterocycles. The lowest BCUT2D eigenvalue weighted by atomic mass is 10.2. The minimum absolute atomic E-state index is 0.178. The van der Waals surface area contributed by atoms with Crippen LogP contribution < -0.4 is 5.32 Å². The lowest BCUT2D eigenvalue weighted by Crippen LogP contribution is -2.15. The molecule has 0 saturated carbocycles. The second-order valence-electron chi connectivity index (χ2n) is 5.14. The molecule has 0 fully saturated rings. The second kappa shape index (κ2) is 5.40. The van der Waals surface area contributed by atoms with Crippen molar-refractivity contribution in [3.63, 3.8) is 0 Å². The minimum Gasteiger partial charge on any atom is -0.454 e. The van der Waals surface area contributed by atoms with Crippen LogP contribution in [0.1, 0.15) is 10.5 Å². The van der Waals surface area contributed by atoms with Crippen molar-refractivity contribution < 1.29 is 9.21 Å². The number of furan rings is 1. The van der Waals surface area contributed by atoms with E-state index in [2.05, 4.69) is 10.3 Å². The van der Waals surface area contributed by atoms with Gasteiger partial charge in [-0.15, -0.1) is 11.3 Å². The van der Waals surface area contributed by atoms with Gasteiger partial charge in [0.25, 0.3) is 5.91 Å². The summed E-state index contributed by atoms with van der Waals surface area (Å²) in [6, 6.07) is 13.4. The van der Waals surface area contributed by atoms with Crippen LogP contribution in [0.5, 0.6) is 0 Å². The third-order valence-corrected chi connectivity index (χ3v) is 4.34. The van der Waals surface area contributed by atoms with E-state index < -0.39 is 0 Å². The van der Waals surface area contributed by atoms with Gasteiger partial charge in [-0.2, -0.15) is 0 Å². The van der Waals surface area contributed by atoms with Crippen molar-refractivity contribution in [2.75, 3.05) is 5.32 Å². The molecule has 6 heteroatoms. The number of benzene rings is 1. The maximum absolute atomic E-state index is 12.2. The van der Waals surface area contributed by atoms with Crippen molar-refractivity contribution in [1.29, 1.82) is 0 Å². The van der Waals surface area contributed by atoms with Crippen LogP contribution in [-0.2, 0) is 7.05 Å². The number of para-hydroxylation sites is 1. The van der Waals surface area contributed by atoms with Gasteiger partial charge in [-0.25, -0.2) is 4.98 Å². The zero-order chi connectivity index (χ0) is 15.8. The summed E-state index contributed by atoms with van der Waals surface area (Å²) < 4.78 is 7.56. The molecule has 5 nitrogen and oxygen atoms in total. The van der Waals surface area contributed by atoms with E-state index in [9.17, 15) is 4.79 Å². The Kier molecular flexibility index (Phi) is 3.24. The van der Waals surface area contributed by atoms with E-state index in [1.807, 2.05) is 55.0 Å². The van der Waals surface area contributed by atoms with Gasteiger partial charge in [0.2, 0.25) is 0 Å². The smallest absolute Gasteiger partial charge is 0.274 e. The van der Waals surface area contributed by atoms with E-state index >= 15 is 0 Å². The number of nitrogens with zero attached hydrogens (tertiary/aromatic N) is 2. The number of amides is 1. The van der Waals surface area contributed by atoms with Crippen LogP contribution in [0.2, 0.25) is 0 Å². The third kappa shape index (κ3) is 2.53. The number of fused-ring (bicyclic) bond motifs is 1. The van der Waals surface area contributed by atoms with E-state index in [1.54, 1.807) is 10.6 Å². The van der Waals surface area contributed by atoms with Gasteiger partial charge in [-0.05, 0) is 24.3 Å². The molecule has 3 heterocycles. The Hall–Kier alpha value is -2.86. The predicted molar refractivity (Wildman–Crippen MR) is 90.7 cm³/mol. The van der Waals surface area contributed by atoms with Crippen LogP contribution in [-0.4, -0.2) is 15.5 Å². The van der Waals surface area contributed by atoms with E-state index in [4.69, 9.17) is 4.42 Å². The Labute approximate surface area is 136 Å². The maximum Gasteiger partial charge on any atom is 0.274 e. The highest BCUT2D eigenvalue weighted by molar-refractivity contribution is 7.14. The van der Waals surface area contributed by atoms with E-state index in [0.717, 1.165) is 11.0 Å². The van der Waals surface area contributed by atoms with Crippen molar-refractivity contribution >= 4 is 33.3 Å². The fourth-order valence-electron chi connectivity index (χ4n) is 2.41. The molecule has 4 aromatic rings. The maximum atomic E-state index is 12.2. The van der Waals surface area contributed by atoms with E-state index in [0.29, 0.717) is 22.3 Å². The average molecular weight is 323 g/mol. The van der Waals surface area contributed by atoms with Crippen molar-refractivity contribution in [3.8, 4) is 11.5 Å². The first kappa shape index (κ1) is 13.8. The molecule has 0 aliphatic heterocycles. The summed E-state index contributed by atoms with van der Waals surface area (Å²) in [5.74, 6) is 0.518. The summed E-state index contributed by atoms with van der Waals surface area (Å²) >= 11 is 1.37. The molecule has 1 N–H and O–H groups in total. The van der Waals surface area contributed by atoms with Crippen LogP contribution in [0.15, 0.2) is 58.5 Å². The van der Waals surface area contributed by atoms with Gasteiger partial charge in [0.15, 0.2) is 10.9 Å². The molecule has 1 aromatic carbocycles. The summed E-state index contributed by atoms with van der Waals surface area (Å²) in [7, 11) is 1.83. The first-order chi connectivity index (χ1) is 11.2. The SMILES string of the molecule is Cn1cccc1C(=O)Nc1nc(-c2cc3ccccc3o2)cs1. The summed E-state index contributed by atoms with van der Waals surface area (Å²) in [6.07, 6.45) is 1.83. The average Bonchev–Trinajstić information content (AvgIpc) is 3.25. The molecule has 0 bridgehead atoms. The Balaban J connectivity index is 1.59. The number of aromatic nitrogens is 2. The molecule has 4 rings (SSSR count). The Bertz CT molecular complexity index is 963. The largest absolute Gasteiger partial charge is 0.454 e. The number of carbonyl (C=O) groups excluding carboxylic acids is 1. The third-order valence-electron chi connectivity index (χ3n) is 3.58. The lowest BCUT2D eigenvalue weighted by Gasteiger charge is -2.02. The fraction of sp³-hybridized carbons (Fsp3) is 0.0588. The number of rotatable bonds is 3. The second-order valence-corrected chi connectivity index (χ2v) is 6.00. The summed E-state index contributed by atoms with van der Waals surface area (Å²) in [5, 5.41) is 6.27. The molecule has 0 aliphatic carbocycles. The Morgan fingerprint density at radius 1 is 1.26 bits per heavy atom. The van der Waals surface area contributed by atoms with E-state index in [-0.39, 0.29) is 5.91 Å². The number of hydrogen-bond acceptors (Lipinski definition) is 4. The Morgan fingerprint density at radius 3 is 2.91 bits per heavy atom. The van der Waals surface area contributed by atoms with Gasteiger partial charge in [0, 0.05) is 24.0 Å². The van der Waals surface area contributed by atoms with Gasteiger partial charge in [-0.1, -0.05) is 18.2 Å². The summed E-state index contributed by atoms with van der Waals surface area (Å²) in [5.41, 5.74) is 2.13. The number of thiazole rings is 1. The van der Waals surface area contributed by atoms with Crippen molar-refractivity contribution in [1.82, 2.24) is 9.55 Å². The van der Waals surface area contributed by atoms with E-state index in [1.165, 1.54) is 11.3 Å². The molecule has 0 saturated heterocycles. The first-order valence-electron chi connectivity index (χ1n) is 7.08. The normalized spacial score (nSPS) is 11.0. The van der Waals surface area contributed by atoms with Gasteiger partial charge in [0.1, 0.15) is 17.0 Å². The summed E-state index contributed by atoms with van der Waals surface area (Å²) in [4.78, 5) is 16.6. The number of nitrogens with one attached hydrogen (secondary N) is 1. The number of aryl methyl sites for hydroxylation is 1. The zero-order valence-corrected chi connectivity index (χ0v) is 13.1. The molecule has 23 heavy (non-hydrogen) atoms. The van der Waals surface area contributed by atoms with Crippen LogP contribution >= 0.6 is 11.3 Å². The monoisotopic (exact) mass is 323 g/mol. The van der Waals surface area contributed by atoms with Crippen molar-refractivity contribution in [2.45, 2.75) is 0 Å². The highest BCUT2D eigenvalue weighted by Gasteiger charge is 2.14. The van der Waals surface area contributed by atoms with Crippen LogP contribution in [0, 0.1) is 0 Å². The van der Waals surface area contributed by atoms with Crippen molar-refractivity contribution in [3.05, 3.63) is 59.7 Å². The fourth-order valence-corrected chi connectivity index (χ4v) is 3.11. The molecule has 0 spiro atoms. The first-order valence-corrected chi connectivity index (χ1v) is 7.96. The summed E-state index contributed by atoms with van der Waals surface area (Å²) in [6.45, 7) is 0. The minimum atomic E-state index is -0.178. The van der Waals surface area contributed by atoms with Crippen LogP contribution in [0.3, 0.4) is 0 Å². The number of carbonyl (C=O) groups is 1. The quantitative estimate of drug-likeness (QED) is 0.616. The standard InChI is InChI=1S/C17H13N3O2S/c1-20-8-4-6-13(20)16(21)19-17-18-12(10-23-17)15-9-11-5-2-3-7-14(11)22-15/h2-10H,1H3,(H,18,19,21). The van der Waals surface area contributed by atoms with Gasteiger partial charge in [-0.3, -0.25) is 10.1 Å². The van der Waals surface area contributed by atoms with Crippen molar-refractivity contribution in [2.24, 2.45) is 7.05 Å². The number of anilines is 1. The molecule has 0 unspecified atom stereocenters. The predicted octanol–water partition coefficient (Wildman–Crippen LogP) is 4.15. The van der Waals surface area contributed by atoms with Crippen LogP contribution in [0.25, 0.3) is 22.4 Å². The molecule has 0 radical (unpaired) electrons. The Morgan fingerprint density at radius 2 is 2.13 bits per heavy atom. The van der Waals surface area contributed by atoms with Gasteiger partial charge < -0.3 is 8.98 Å². The zero-order valence-electron chi connectivity index (χ0n) is 12.3. The molecule has 0 aliphatic rings. The molecule has 1 amide bonds. The highest BCUT2D eigenvalue weighted by Crippen LogP contribution is 2.30. The molecular formula is C17H13N3O2S. The van der Waals surface area contributed by atoms with Crippen LogP contribution in [0.4, 0.5) is 5.13 Å². The molecular weight excluding hydrogens is 310 g/mol. The molecule has 114 valence electrons.